The van der Waals surface area contributed by atoms with E-state index in [1.165, 1.54) is 0 Å². The monoisotopic (exact) mass is 338 g/mol. The Balaban J connectivity index is 1.78. The second-order valence-electron chi connectivity index (χ2n) is 5.16. The van der Waals surface area contributed by atoms with Crippen molar-refractivity contribution in [2.75, 3.05) is 5.32 Å². The fourth-order valence-corrected chi connectivity index (χ4v) is 3.50. The number of benzene rings is 1. The van der Waals surface area contributed by atoms with E-state index in [4.69, 9.17) is 4.74 Å². The van der Waals surface area contributed by atoms with E-state index in [0.29, 0.717) is 12.1 Å². The van der Waals surface area contributed by atoms with Gasteiger partial charge in [0.1, 0.15) is 0 Å². The maximum absolute atomic E-state index is 12.3. The van der Waals surface area contributed by atoms with E-state index in [-0.39, 0.29) is 18.1 Å². The van der Waals surface area contributed by atoms with Gasteiger partial charge in [0.2, 0.25) is 5.91 Å². The van der Waals surface area contributed by atoms with Gasteiger partial charge in [-0.1, -0.05) is 22.0 Å². The van der Waals surface area contributed by atoms with Gasteiger partial charge in [-0.2, -0.15) is 0 Å². The summed E-state index contributed by atoms with van der Waals surface area (Å²) in [4.78, 5) is 23.6. The molecule has 106 valence electrons. The van der Waals surface area contributed by atoms with Crippen molar-refractivity contribution < 1.29 is 19.4 Å². The number of aliphatic carboxylic acids is 1. The molecule has 2 saturated heterocycles. The van der Waals surface area contributed by atoms with Crippen molar-refractivity contribution >= 4 is 33.5 Å². The van der Waals surface area contributed by atoms with Gasteiger partial charge >= 0.3 is 0 Å². The summed E-state index contributed by atoms with van der Waals surface area (Å²) in [5, 5.41) is 14.0. The topological polar surface area (TPSA) is 78.5 Å². The molecule has 2 heterocycles. The molecule has 0 radical (unpaired) electrons. The van der Waals surface area contributed by atoms with Crippen LogP contribution in [0.5, 0.6) is 0 Å². The predicted octanol–water partition coefficient (Wildman–Crippen LogP) is 0.931. The quantitative estimate of drug-likeness (QED) is 0.889. The molecule has 1 aromatic carbocycles. The van der Waals surface area contributed by atoms with E-state index in [0.717, 1.165) is 10.9 Å². The first-order valence-corrected chi connectivity index (χ1v) is 7.28. The van der Waals surface area contributed by atoms with Crippen LogP contribution in [0, 0.1) is 11.8 Å². The first kappa shape index (κ1) is 13.6. The Morgan fingerprint density at radius 3 is 2.60 bits per heavy atom. The molecule has 0 aromatic heterocycles. The molecule has 1 amide bonds. The number of carboxylic acids is 1. The van der Waals surface area contributed by atoms with Crippen LogP contribution in [0.15, 0.2) is 28.7 Å². The lowest BCUT2D eigenvalue weighted by atomic mass is 9.78. The number of carbonyl (C=O) groups is 2. The SMILES string of the molecule is O=C([O-])[C@@H]1[C@H](C(=O)Nc2cccc(Br)c2)[C@@H]2CC[C@H]1O2. The molecule has 0 aliphatic carbocycles. The van der Waals surface area contributed by atoms with Gasteiger partial charge in [0.15, 0.2) is 0 Å². The minimum Gasteiger partial charge on any atom is -0.550 e. The van der Waals surface area contributed by atoms with Crippen LogP contribution in [0.1, 0.15) is 12.8 Å². The second-order valence-corrected chi connectivity index (χ2v) is 6.08. The second kappa shape index (κ2) is 5.18. The number of anilines is 1. The first-order chi connectivity index (χ1) is 9.56. The van der Waals surface area contributed by atoms with Crippen LogP contribution in [0.4, 0.5) is 5.69 Å². The van der Waals surface area contributed by atoms with E-state index < -0.39 is 17.8 Å². The van der Waals surface area contributed by atoms with Crippen molar-refractivity contribution in [2.24, 2.45) is 11.8 Å². The van der Waals surface area contributed by atoms with Crippen molar-refractivity contribution in [1.82, 2.24) is 0 Å². The van der Waals surface area contributed by atoms with Crippen molar-refractivity contribution in [3.05, 3.63) is 28.7 Å². The highest BCUT2D eigenvalue weighted by atomic mass is 79.9. The van der Waals surface area contributed by atoms with Crippen LogP contribution in [-0.4, -0.2) is 24.1 Å². The number of hydrogen-bond donors (Lipinski definition) is 1. The average Bonchev–Trinajstić information content (AvgIpc) is 2.98. The molecular formula is C14H13BrNO4-. The van der Waals surface area contributed by atoms with Crippen LogP contribution in [0.25, 0.3) is 0 Å². The summed E-state index contributed by atoms with van der Waals surface area (Å²) in [7, 11) is 0. The van der Waals surface area contributed by atoms with E-state index >= 15 is 0 Å². The van der Waals surface area contributed by atoms with Gasteiger partial charge in [-0.05, 0) is 31.0 Å². The Labute approximate surface area is 124 Å². The summed E-state index contributed by atoms with van der Waals surface area (Å²) in [6.45, 7) is 0. The van der Waals surface area contributed by atoms with E-state index in [2.05, 4.69) is 21.2 Å². The molecule has 2 fully saturated rings. The Morgan fingerprint density at radius 1 is 1.25 bits per heavy atom. The largest absolute Gasteiger partial charge is 0.550 e. The van der Waals surface area contributed by atoms with Gasteiger partial charge in [0.05, 0.1) is 18.1 Å². The average molecular weight is 339 g/mol. The molecule has 2 aliphatic heterocycles. The highest BCUT2D eigenvalue weighted by Crippen LogP contribution is 2.43. The maximum atomic E-state index is 12.3. The van der Waals surface area contributed by atoms with Gasteiger partial charge in [0, 0.05) is 22.0 Å². The highest BCUT2D eigenvalue weighted by molar-refractivity contribution is 9.10. The number of carbonyl (C=O) groups excluding carboxylic acids is 2. The number of rotatable bonds is 3. The number of fused-ring (bicyclic) bond motifs is 2. The number of carboxylic acid groups (broad SMARTS) is 1. The van der Waals surface area contributed by atoms with Gasteiger partial charge < -0.3 is 20.0 Å². The molecule has 1 N–H and O–H groups in total. The summed E-state index contributed by atoms with van der Waals surface area (Å²) in [5.41, 5.74) is 0.629. The molecule has 2 bridgehead atoms. The predicted molar refractivity (Wildman–Crippen MR) is 72.7 cm³/mol. The Kier molecular flexibility index (Phi) is 3.52. The normalized spacial score (nSPS) is 31.2. The lowest BCUT2D eigenvalue weighted by Crippen LogP contribution is -2.46. The van der Waals surface area contributed by atoms with Crippen LogP contribution in [0.2, 0.25) is 0 Å². The van der Waals surface area contributed by atoms with Crippen molar-refractivity contribution in [2.45, 2.75) is 25.0 Å². The molecular weight excluding hydrogens is 326 g/mol. The number of nitrogens with one attached hydrogen (secondary N) is 1. The van der Waals surface area contributed by atoms with E-state index in [9.17, 15) is 14.7 Å². The van der Waals surface area contributed by atoms with Gasteiger partial charge in [-0.25, -0.2) is 0 Å². The molecule has 2 aliphatic rings. The standard InChI is InChI=1S/C14H14BrNO4/c15-7-2-1-3-8(6-7)16-13(17)11-9-4-5-10(20-9)12(11)14(18)19/h1-3,6,9-12H,4-5H2,(H,16,17)(H,18,19)/p-1/t9-,10+,11+,12-/m0/s1. The molecule has 0 saturated carbocycles. The van der Waals surface area contributed by atoms with Crippen molar-refractivity contribution in [1.29, 1.82) is 0 Å². The number of halogens is 1. The summed E-state index contributed by atoms with van der Waals surface area (Å²) >= 11 is 3.32. The third kappa shape index (κ3) is 2.33. The molecule has 1 aromatic rings. The molecule has 5 nitrogen and oxygen atoms in total. The van der Waals surface area contributed by atoms with E-state index in [1.54, 1.807) is 18.2 Å². The molecule has 4 atom stereocenters. The molecule has 6 heteroatoms. The summed E-state index contributed by atoms with van der Waals surface area (Å²) in [5.74, 6) is -3.03. The van der Waals surface area contributed by atoms with Gasteiger partial charge in [-0.3, -0.25) is 4.79 Å². The summed E-state index contributed by atoms with van der Waals surface area (Å²) in [6, 6.07) is 7.16. The van der Waals surface area contributed by atoms with Crippen LogP contribution < -0.4 is 10.4 Å². The molecule has 20 heavy (non-hydrogen) atoms. The fourth-order valence-electron chi connectivity index (χ4n) is 3.10. The third-order valence-electron chi connectivity index (χ3n) is 3.94. The minimum atomic E-state index is -1.20. The minimum absolute atomic E-state index is 0.310. The van der Waals surface area contributed by atoms with Crippen molar-refractivity contribution in [3.63, 3.8) is 0 Å². The summed E-state index contributed by atoms with van der Waals surface area (Å²) in [6.07, 6.45) is 0.716. The molecule has 0 spiro atoms. The van der Waals surface area contributed by atoms with Gasteiger partial charge in [0.25, 0.3) is 0 Å². The lowest BCUT2D eigenvalue weighted by Gasteiger charge is -2.27. The Morgan fingerprint density at radius 2 is 1.95 bits per heavy atom. The molecule has 0 unspecified atom stereocenters. The number of hydrogen-bond acceptors (Lipinski definition) is 4. The smallest absolute Gasteiger partial charge is 0.230 e. The number of ether oxygens (including phenoxy) is 1. The third-order valence-corrected chi connectivity index (χ3v) is 4.43. The molecule has 3 rings (SSSR count). The maximum Gasteiger partial charge on any atom is 0.230 e. The van der Waals surface area contributed by atoms with Crippen molar-refractivity contribution in [3.8, 4) is 0 Å². The zero-order chi connectivity index (χ0) is 14.3. The Hall–Kier alpha value is -1.40. The zero-order valence-electron chi connectivity index (χ0n) is 10.5. The summed E-state index contributed by atoms with van der Waals surface area (Å²) < 4.78 is 6.39. The number of amides is 1. The Bertz CT molecular complexity index is 562. The van der Waals surface area contributed by atoms with E-state index in [1.807, 2.05) is 6.07 Å². The zero-order valence-corrected chi connectivity index (χ0v) is 12.1. The first-order valence-electron chi connectivity index (χ1n) is 6.49. The fraction of sp³-hybridized carbons (Fsp3) is 0.429. The van der Waals surface area contributed by atoms with Crippen LogP contribution >= 0.6 is 15.9 Å². The van der Waals surface area contributed by atoms with Crippen LogP contribution in [0.3, 0.4) is 0 Å². The van der Waals surface area contributed by atoms with Gasteiger partial charge in [-0.15, -0.1) is 0 Å². The van der Waals surface area contributed by atoms with Crippen LogP contribution in [-0.2, 0) is 14.3 Å². The lowest BCUT2D eigenvalue weighted by molar-refractivity contribution is -0.313. The highest BCUT2D eigenvalue weighted by Gasteiger charge is 2.52.